The number of hydrogen-bond donors (Lipinski definition) is 1. The minimum absolute atomic E-state index is 0.248. The first-order chi connectivity index (χ1) is 12.5. The molecule has 130 valence electrons. The standard InChI is InChI=1S/C19H14FN3O3/c1-26-18(25)15-17(24)22-16(14-4-2-3-9-21-14)23-19(15)8-7-11-10-12(20)5-6-13(11)19/h2-10,15H,1H3,(H,22,23,24). The van der Waals surface area contributed by atoms with Gasteiger partial charge in [-0.05, 0) is 35.4 Å². The van der Waals surface area contributed by atoms with Gasteiger partial charge in [-0.2, -0.15) is 0 Å². The minimum Gasteiger partial charge on any atom is -0.468 e. The highest BCUT2D eigenvalue weighted by atomic mass is 19.1. The monoisotopic (exact) mass is 351 g/mol. The number of carbonyl (C=O) groups is 2. The van der Waals surface area contributed by atoms with Crippen LogP contribution in [-0.2, 0) is 19.9 Å². The zero-order valence-electron chi connectivity index (χ0n) is 13.8. The molecule has 4 rings (SSSR count). The van der Waals surface area contributed by atoms with Crippen LogP contribution in [0.3, 0.4) is 0 Å². The van der Waals surface area contributed by atoms with E-state index in [0.29, 0.717) is 16.8 Å². The van der Waals surface area contributed by atoms with E-state index < -0.39 is 29.2 Å². The number of nitrogens with one attached hydrogen (secondary N) is 1. The lowest BCUT2D eigenvalue weighted by molar-refractivity contribution is -0.152. The summed E-state index contributed by atoms with van der Waals surface area (Å²) in [5.41, 5.74) is 0.300. The summed E-state index contributed by atoms with van der Waals surface area (Å²) in [5.74, 6) is -2.64. The van der Waals surface area contributed by atoms with Crippen LogP contribution in [-0.4, -0.2) is 29.8 Å². The first kappa shape index (κ1) is 16.1. The number of nitrogens with zero attached hydrogens (tertiary/aromatic N) is 2. The van der Waals surface area contributed by atoms with Crippen LogP contribution >= 0.6 is 0 Å². The molecule has 0 bridgehead atoms. The van der Waals surface area contributed by atoms with Crippen LogP contribution in [0, 0.1) is 11.7 Å². The lowest BCUT2D eigenvalue weighted by Gasteiger charge is -2.35. The van der Waals surface area contributed by atoms with Crippen molar-refractivity contribution in [3.63, 3.8) is 0 Å². The summed E-state index contributed by atoms with van der Waals surface area (Å²) in [4.78, 5) is 34.0. The Kier molecular flexibility index (Phi) is 3.64. The summed E-state index contributed by atoms with van der Waals surface area (Å²) in [6.07, 6.45) is 4.88. The maximum atomic E-state index is 13.6. The highest BCUT2D eigenvalue weighted by molar-refractivity contribution is 6.15. The van der Waals surface area contributed by atoms with Crippen LogP contribution in [0.25, 0.3) is 6.08 Å². The molecule has 0 radical (unpaired) electrons. The molecule has 26 heavy (non-hydrogen) atoms. The summed E-state index contributed by atoms with van der Waals surface area (Å²) in [7, 11) is 1.21. The number of carbonyl (C=O) groups excluding carboxylic acids is 2. The van der Waals surface area contributed by atoms with Gasteiger partial charge >= 0.3 is 5.97 Å². The number of hydrogen-bond acceptors (Lipinski definition) is 5. The number of methoxy groups -OCH3 is 1. The third-order valence-corrected chi connectivity index (χ3v) is 4.55. The Morgan fingerprint density at radius 1 is 1.31 bits per heavy atom. The Morgan fingerprint density at radius 2 is 2.15 bits per heavy atom. The number of halogens is 1. The number of amidine groups is 1. The number of ether oxygens (including phenoxy) is 1. The van der Waals surface area contributed by atoms with Gasteiger partial charge in [0.05, 0.1) is 7.11 Å². The Bertz CT molecular complexity index is 971. The Balaban J connectivity index is 1.95. The molecular formula is C19H14FN3O3. The van der Waals surface area contributed by atoms with Gasteiger partial charge < -0.3 is 10.1 Å². The van der Waals surface area contributed by atoms with Crippen LogP contribution in [0.4, 0.5) is 4.39 Å². The van der Waals surface area contributed by atoms with Gasteiger partial charge in [-0.25, -0.2) is 9.38 Å². The maximum Gasteiger partial charge on any atom is 0.321 e. The van der Waals surface area contributed by atoms with E-state index >= 15 is 0 Å². The molecule has 1 aromatic carbocycles. The zero-order valence-corrected chi connectivity index (χ0v) is 13.8. The average molecular weight is 351 g/mol. The number of fused-ring (bicyclic) bond motifs is 2. The summed E-state index contributed by atoms with van der Waals surface area (Å²) in [5, 5.41) is 2.63. The predicted octanol–water partition coefficient (Wildman–Crippen LogP) is 1.81. The van der Waals surface area contributed by atoms with Crippen molar-refractivity contribution < 1.29 is 18.7 Å². The lowest BCUT2D eigenvalue weighted by atomic mass is 9.78. The fourth-order valence-corrected chi connectivity index (χ4v) is 3.39. The topological polar surface area (TPSA) is 80.7 Å². The first-order valence-electron chi connectivity index (χ1n) is 7.94. The number of pyridine rings is 1. The van der Waals surface area contributed by atoms with E-state index in [1.54, 1.807) is 42.6 Å². The second kappa shape index (κ2) is 5.87. The molecular weight excluding hydrogens is 337 g/mol. The van der Waals surface area contributed by atoms with Crippen molar-refractivity contribution in [3.05, 3.63) is 71.3 Å². The molecule has 2 heterocycles. The molecule has 0 fully saturated rings. The number of benzene rings is 1. The quantitative estimate of drug-likeness (QED) is 0.661. The van der Waals surface area contributed by atoms with Gasteiger partial charge in [0, 0.05) is 6.20 Å². The van der Waals surface area contributed by atoms with Gasteiger partial charge in [-0.15, -0.1) is 0 Å². The second-order valence-electron chi connectivity index (χ2n) is 6.01. The number of esters is 1. The number of amides is 1. The van der Waals surface area contributed by atoms with Gasteiger partial charge in [-0.1, -0.05) is 24.3 Å². The second-order valence-corrected chi connectivity index (χ2v) is 6.01. The van der Waals surface area contributed by atoms with Crippen molar-refractivity contribution in [3.8, 4) is 0 Å². The molecule has 1 aliphatic heterocycles. The Labute approximate surface area is 148 Å². The van der Waals surface area contributed by atoms with Crippen molar-refractivity contribution in [2.24, 2.45) is 10.9 Å². The van der Waals surface area contributed by atoms with Crippen molar-refractivity contribution in [1.29, 1.82) is 0 Å². The average Bonchev–Trinajstić information content (AvgIpc) is 2.99. The van der Waals surface area contributed by atoms with Crippen molar-refractivity contribution in [1.82, 2.24) is 10.3 Å². The molecule has 1 amide bonds. The molecule has 6 nitrogen and oxygen atoms in total. The predicted molar refractivity (Wildman–Crippen MR) is 91.5 cm³/mol. The van der Waals surface area contributed by atoms with Gasteiger partial charge in [0.15, 0.2) is 11.8 Å². The number of aromatic nitrogens is 1. The van der Waals surface area contributed by atoms with Gasteiger partial charge in [0.2, 0.25) is 5.91 Å². The molecule has 1 aromatic heterocycles. The van der Waals surface area contributed by atoms with E-state index in [2.05, 4.69) is 15.3 Å². The summed E-state index contributed by atoms with van der Waals surface area (Å²) in [6, 6.07) is 9.38. The van der Waals surface area contributed by atoms with Gasteiger partial charge in [0.1, 0.15) is 17.1 Å². The largest absolute Gasteiger partial charge is 0.468 e. The van der Waals surface area contributed by atoms with Crippen molar-refractivity contribution >= 4 is 23.8 Å². The fraction of sp³-hybridized carbons (Fsp3) is 0.158. The van der Waals surface area contributed by atoms with E-state index in [1.807, 2.05) is 0 Å². The van der Waals surface area contributed by atoms with E-state index in [9.17, 15) is 14.0 Å². The smallest absolute Gasteiger partial charge is 0.321 e. The van der Waals surface area contributed by atoms with E-state index in [1.165, 1.54) is 19.2 Å². The first-order valence-corrected chi connectivity index (χ1v) is 7.94. The Hall–Kier alpha value is -3.35. The van der Waals surface area contributed by atoms with Crippen LogP contribution in [0.1, 0.15) is 16.8 Å². The summed E-state index contributed by atoms with van der Waals surface area (Å²) >= 11 is 0. The van der Waals surface area contributed by atoms with Crippen molar-refractivity contribution in [2.75, 3.05) is 7.11 Å². The summed E-state index contributed by atoms with van der Waals surface area (Å²) < 4.78 is 18.4. The number of rotatable bonds is 2. The highest BCUT2D eigenvalue weighted by Crippen LogP contribution is 2.45. The van der Waals surface area contributed by atoms with Crippen LogP contribution in [0.2, 0.25) is 0 Å². The van der Waals surface area contributed by atoms with Gasteiger partial charge in [-0.3, -0.25) is 14.6 Å². The molecule has 7 heteroatoms. The van der Waals surface area contributed by atoms with E-state index in [-0.39, 0.29) is 5.84 Å². The normalized spacial score (nSPS) is 23.4. The molecule has 2 aromatic rings. The third-order valence-electron chi connectivity index (χ3n) is 4.55. The van der Waals surface area contributed by atoms with Crippen molar-refractivity contribution in [2.45, 2.75) is 5.54 Å². The molecule has 0 saturated carbocycles. The fourth-order valence-electron chi connectivity index (χ4n) is 3.39. The molecule has 1 N–H and O–H groups in total. The zero-order chi connectivity index (χ0) is 18.3. The van der Waals surface area contributed by atoms with E-state index in [0.717, 1.165) is 0 Å². The lowest BCUT2D eigenvalue weighted by Crippen LogP contribution is -2.54. The molecule has 2 unspecified atom stereocenters. The minimum atomic E-state index is -1.30. The molecule has 1 aliphatic carbocycles. The van der Waals surface area contributed by atoms with Crippen LogP contribution in [0.15, 0.2) is 53.7 Å². The molecule has 2 aliphatic rings. The van der Waals surface area contributed by atoms with E-state index in [4.69, 9.17) is 4.74 Å². The molecule has 2 atom stereocenters. The molecule has 0 saturated heterocycles. The number of aliphatic imine (C=N–C) groups is 1. The highest BCUT2D eigenvalue weighted by Gasteiger charge is 2.53. The SMILES string of the molecule is COC(=O)C1C(=O)NC(c2ccccn2)=NC12C=Cc1cc(F)ccc12. The van der Waals surface area contributed by atoms with Crippen LogP contribution < -0.4 is 5.32 Å². The Morgan fingerprint density at radius 3 is 2.88 bits per heavy atom. The third kappa shape index (κ3) is 2.32. The summed E-state index contributed by atoms with van der Waals surface area (Å²) in [6.45, 7) is 0. The molecule has 1 spiro atoms. The van der Waals surface area contributed by atoms with Crippen LogP contribution in [0.5, 0.6) is 0 Å². The maximum absolute atomic E-state index is 13.6. The van der Waals surface area contributed by atoms with Gasteiger partial charge in [0.25, 0.3) is 0 Å².